The molecule has 1 amide bonds. The predicted molar refractivity (Wildman–Crippen MR) is 87.0 cm³/mol. The predicted octanol–water partition coefficient (Wildman–Crippen LogP) is 2.30. The molecule has 1 heterocycles. The summed E-state index contributed by atoms with van der Waals surface area (Å²) in [5.41, 5.74) is 0.207. The molecule has 2 atom stereocenters. The molecule has 122 valence electrons. The van der Waals surface area contributed by atoms with Crippen LogP contribution in [0.3, 0.4) is 0 Å². The number of carbonyl (C=O) groups is 1. The van der Waals surface area contributed by atoms with Crippen molar-refractivity contribution in [3.63, 3.8) is 0 Å². The Morgan fingerprint density at radius 3 is 2.29 bits per heavy atom. The number of likely N-dealkylation sites (N-methyl/N-ethyl adjacent to an activating group) is 1. The Kier molecular flexibility index (Phi) is 4.99. The molecule has 2 unspecified atom stereocenters. The minimum Gasteiger partial charge on any atom is -0.324 e. The van der Waals surface area contributed by atoms with Crippen LogP contribution in [-0.2, 0) is 4.79 Å². The highest BCUT2D eigenvalue weighted by atomic mass is 16.2. The molecular formula is C17H33N3O. The van der Waals surface area contributed by atoms with E-state index in [0.717, 1.165) is 13.0 Å². The van der Waals surface area contributed by atoms with Gasteiger partial charge >= 0.3 is 0 Å². The molecule has 0 aromatic heterocycles. The summed E-state index contributed by atoms with van der Waals surface area (Å²) in [6, 6.07) is -0.00645. The van der Waals surface area contributed by atoms with Crippen LogP contribution in [0.5, 0.6) is 0 Å². The Morgan fingerprint density at radius 1 is 1.29 bits per heavy atom. The van der Waals surface area contributed by atoms with E-state index in [4.69, 9.17) is 0 Å². The maximum atomic E-state index is 12.8. The summed E-state index contributed by atoms with van der Waals surface area (Å²) in [5.74, 6) is 1.26. The van der Waals surface area contributed by atoms with Crippen molar-refractivity contribution in [3.8, 4) is 0 Å². The Hall–Kier alpha value is -0.610. The Morgan fingerprint density at radius 2 is 1.90 bits per heavy atom. The molecule has 1 aliphatic heterocycles. The number of amides is 1. The molecular weight excluding hydrogens is 262 g/mol. The highest BCUT2D eigenvalue weighted by molar-refractivity contribution is 5.84. The zero-order chi connectivity index (χ0) is 15.8. The minimum atomic E-state index is -0.00645. The molecule has 0 aromatic carbocycles. The summed E-state index contributed by atoms with van der Waals surface area (Å²) in [4.78, 5) is 17.3. The van der Waals surface area contributed by atoms with Gasteiger partial charge in [-0.2, -0.15) is 0 Å². The molecule has 1 aliphatic carbocycles. The van der Waals surface area contributed by atoms with E-state index >= 15 is 0 Å². The number of hydrogen-bond donors (Lipinski definition) is 1. The lowest BCUT2D eigenvalue weighted by molar-refractivity contribution is -0.134. The number of rotatable bonds is 6. The standard InChI is InChI=1S/C17H33N3O/c1-12(2)10-14-18-15(13(3)4)16(21)20(14)11-17(19(5)6)8-7-9-17/h12-15,18H,7-11H2,1-6H3. The van der Waals surface area contributed by atoms with E-state index in [0.29, 0.717) is 17.7 Å². The van der Waals surface area contributed by atoms with Crippen molar-refractivity contribution in [2.75, 3.05) is 20.6 Å². The van der Waals surface area contributed by atoms with E-state index in [1.165, 1.54) is 19.3 Å². The van der Waals surface area contributed by atoms with E-state index in [1.54, 1.807) is 0 Å². The van der Waals surface area contributed by atoms with Crippen LogP contribution >= 0.6 is 0 Å². The molecule has 2 aliphatic rings. The first-order valence-electron chi connectivity index (χ1n) is 8.51. The van der Waals surface area contributed by atoms with Crippen LogP contribution in [0, 0.1) is 11.8 Å². The van der Waals surface area contributed by atoms with Crippen LogP contribution in [0.15, 0.2) is 0 Å². The summed E-state index contributed by atoms with van der Waals surface area (Å²) >= 11 is 0. The number of nitrogens with one attached hydrogen (secondary N) is 1. The van der Waals surface area contributed by atoms with Gasteiger partial charge in [0.25, 0.3) is 0 Å². The van der Waals surface area contributed by atoms with Gasteiger partial charge in [0.15, 0.2) is 0 Å². The number of nitrogens with zero attached hydrogens (tertiary/aromatic N) is 2. The Balaban J connectivity index is 2.14. The maximum absolute atomic E-state index is 12.8. The number of hydrogen-bond acceptors (Lipinski definition) is 3. The molecule has 0 spiro atoms. The fraction of sp³-hybridized carbons (Fsp3) is 0.941. The van der Waals surface area contributed by atoms with Crippen LogP contribution < -0.4 is 5.32 Å². The van der Waals surface area contributed by atoms with Gasteiger partial charge in [-0.25, -0.2) is 0 Å². The largest absolute Gasteiger partial charge is 0.324 e. The highest BCUT2D eigenvalue weighted by Gasteiger charge is 2.47. The topological polar surface area (TPSA) is 35.6 Å². The molecule has 2 rings (SSSR count). The van der Waals surface area contributed by atoms with Crippen LogP contribution in [0.2, 0.25) is 0 Å². The number of carbonyl (C=O) groups excluding carboxylic acids is 1. The molecule has 4 heteroatoms. The van der Waals surface area contributed by atoms with Gasteiger partial charge in [-0.3, -0.25) is 10.1 Å². The van der Waals surface area contributed by atoms with Crippen LogP contribution in [-0.4, -0.2) is 54.1 Å². The van der Waals surface area contributed by atoms with Gasteiger partial charge in [0, 0.05) is 12.1 Å². The lowest BCUT2D eigenvalue weighted by atomic mass is 9.75. The zero-order valence-electron chi connectivity index (χ0n) is 14.6. The molecule has 1 saturated carbocycles. The van der Waals surface area contributed by atoms with Gasteiger partial charge < -0.3 is 9.80 Å². The molecule has 1 saturated heterocycles. The monoisotopic (exact) mass is 295 g/mol. The third kappa shape index (κ3) is 3.26. The lowest BCUT2D eigenvalue weighted by Crippen LogP contribution is -2.59. The molecule has 0 radical (unpaired) electrons. The van der Waals surface area contributed by atoms with Crippen LogP contribution in [0.25, 0.3) is 0 Å². The van der Waals surface area contributed by atoms with Gasteiger partial charge in [-0.1, -0.05) is 27.7 Å². The lowest BCUT2D eigenvalue weighted by Gasteiger charge is -2.50. The Labute approximate surface area is 130 Å². The Bertz CT molecular complexity index is 374. The van der Waals surface area contributed by atoms with Crippen molar-refractivity contribution in [3.05, 3.63) is 0 Å². The van der Waals surface area contributed by atoms with E-state index in [9.17, 15) is 4.79 Å². The van der Waals surface area contributed by atoms with Gasteiger partial charge in [-0.05, 0) is 51.6 Å². The fourth-order valence-electron chi connectivity index (χ4n) is 3.66. The van der Waals surface area contributed by atoms with Crippen molar-refractivity contribution in [1.82, 2.24) is 15.1 Å². The first-order valence-corrected chi connectivity index (χ1v) is 8.51. The summed E-state index contributed by atoms with van der Waals surface area (Å²) in [6.45, 7) is 9.62. The smallest absolute Gasteiger partial charge is 0.241 e. The first-order chi connectivity index (χ1) is 9.77. The van der Waals surface area contributed by atoms with E-state index in [1.807, 2.05) is 0 Å². The van der Waals surface area contributed by atoms with Crippen LogP contribution in [0.1, 0.15) is 53.4 Å². The first kappa shape index (κ1) is 16.8. The summed E-state index contributed by atoms with van der Waals surface area (Å²) < 4.78 is 0. The molecule has 0 aromatic rings. The second-order valence-electron chi connectivity index (χ2n) is 7.97. The van der Waals surface area contributed by atoms with Crippen molar-refractivity contribution in [2.24, 2.45) is 11.8 Å². The third-order valence-corrected chi connectivity index (χ3v) is 5.36. The average Bonchev–Trinajstić information content (AvgIpc) is 2.60. The molecule has 4 nitrogen and oxygen atoms in total. The van der Waals surface area contributed by atoms with E-state index in [-0.39, 0.29) is 17.7 Å². The normalized spacial score (nSPS) is 28.8. The SMILES string of the molecule is CC(C)CC1NC(C(C)C)C(=O)N1CC1(N(C)C)CCC1. The van der Waals surface area contributed by atoms with Gasteiger partial charge in [-0.15, -0.1) is 0 Å². The van der Waals surface area contributed by atoms with Crippen molar-refractivity contribution in [1.29, 1.82) is 0 Å². The fourth-order valence-corrected chi connectivity index (χ4v) is 3.66. The van der Waals surface area contributed by atoms with E-state index in [2.05, 4.69) is 56.9 Å². The third-order valence-electron chi connectivity index (χ3n) is 5.36. The average molecular weight is 295 g/mol. The molecule has 21 heavy (non-hydrogen) atoms. The molecule has 0 bridgehead atoms. The highest BCUT2D eigenvalue weighted by Crippen LogP contribution is 2.38. The van der Waals surface area contributed by atoms with Crippen molar-refractivity contribution >= 4 is 5.91 Å². The zero-order valence-corrected chi connectivity index (χ0v) is 14.6. The maximum Gasteiger partial charge on any atom is 0.241 e. The second-order valence-corrected chi connectivity index (χ2v) is 7.97. The second kappa shape index (κ2) is 6.25. The summed E-state index contributed by atoms with van der Waals surface area (Å²) in [6.07, 6.45) is 4.96. The van der Waals surface area contributed by atoms with Crippen LogP contribution in [0.4, 0.5) is 0 Å². The summed E-state index contributed by atoms with van der Waals surface area (Å²) in [7, 11) is 4.31. The quantitative estimate of drug-likeness (QED) is 0.817. The van der Waals surface area contributed by atoms with Crippen molar-refractivity contribution < 1.29 is 4.79 Å². The van der Waals surface area contributed by atoms with Crippen molar-refractivity contribution in [2.45, 2.75) is 71.1 Å². The molecule has 1 N–H and O–H groups in total. The van der Waals surface area contributed by atoms with Gasteiger partial charge in [0.1, 0.15) is 0 Å². The minimum absolute atomic E-state index is 0.00645. The summed E-state index contributed by atoms with van der Waals surface area (Å²) in [5, 5.41) is 3.59. The van der Waals surface area contributed by atoms with Gasteiger partial charge in [0.05, 0.1) is 12.2 Å². The molecule has 2 fully saturated rings. The van der Waals surface area contributed by atoms with E-state index < -0.39 is 0 Å². The van der Waals surface area contributed by atoms with Gasteiger partial charge in [0.2, 0.25) is 5.91 Å².